The van der Waals surface area contributed by atoms with Gasteiger partial charge in [-0.1, -0.05) is 5.16 Å². The predicted molar refractivity (Wildman–Crippen MR) is 91.5 cm³/mol. The maximum Gasteiger partial charge on any atom is 0.259 e. The molecule has 2 aromatic rings. The molecule has 3 unspecified atom stereocenters. The molecular formula is C19H23N3O3. The molecule has 0 radical (unpaired) electrons. The molecule has 1 aliphatic heterocycles. The van der Waals surface area contributed by atoms with Gasteiger partial charge in [0.25, 0.3) is 11.6 Å². The van der Waals surface area contributed by atoms with Gasteiger partial charge >= 0.3 is 0 Å². The number of carbonyl (C=O) groups excluding carboxylic acids is 1. The number of aromatic nitrogens is 2. The predicted octanol–water partition coefficient (Wildman–Crippen LogP) is 3.10. The fraction of sp³-hybridized carbons (Fsp3) is 0.632. The maximum absolute atomic E-state index is 13.1. The first-order chi connectivity index (χ1) is 12.2. The van der Waals surface area contributed by atoms with E-state index in [2.05, 4.69) is 15.5 Å². The quantitative estimate of drug-likeness (QED) is 0.928. The first kappa shape index (κ1) is 15.3. The van der Waals surface area contributed by atoms with E-state index in [4.69, 9.17) is 9.26 Å². The second kappa shape index (κ2) is 5.80. The van der Waals surface area contributed by atoms with Crippen LogP contribution in [0.5, 0.6) is 0 Å². The van der Waals surface area contributed by atoms with E-state index in [1.807, 2.05) is 13.0 Å². The molecule has 2 aromatic heterocycles. The summed E-state index contributed by atoms with van der Waals surface area (Å²) in [6.45, 7) is 2.68. The molecule has 0 spiro atoms. The molecule has 25 heavy (non-hydrogen) atoms. The van der Waals surface area contributed by atoms with Crippen molar-refractivity contribution in [1.82, 2.24) is 15.5 Å². The summed E-state index contributed by atoms with van der Waals surface area (Å²) in [6, 6.07) is 2.15. The molecule has 6 nitrogen and oxygen atoms in total. The molecule has 0 aromatic carbocycles. The summed E-state index contributed by atoms with van der Waals surface area (Å²) in [5.41, 5.74) is 2.82. The molecule has 6 heteroatoms. The van der Waals surface area contributed by atoms with Crippen molar-refractivity contribution in [3.05, 3.63) is 23.0 Å². The molecule has 3 atom stereocenters. The van der Waals surface area contributed by atoms with Crippen LogP contribution in [0.2, 0.25) is 0 Å². The van der Waals surface area contributed by atoms with Gasteiger partial charge in [0.1, 0.15) is 0 Å². The number of nitrogens with zero attached hydrogens (tertiary/aromatic N) is 2. The number of fused-ring (bicyclic) bond motifs is 2. The Morgan fingerprint density at radius 1 is 1.24 bits per heavy atom. The summed E-state index contributed by atoms with van der Waals surface area (Å²) in [5.74, 6) is 0.878. The van der Waals surface area contributed by atoms with E-state index in [9.17, 15) is 4.79 Å². The Kier molecular flexibility index (Phi) is 3.55. The van der Waals surface area contributed by atoms with Crippen LogP contribution < -0.4 is 5.32 Å². The van der Waals surface area contributed by atoms with Crippen molar-refractivity contribution in [2.45, 2.75) is 63.5 Å². The lowest BCUT2D eigenvalue weighted by atomic mass is 9.81. The minimum Gasteiger partial charge on any atom is -0.378 e. The van der Waals surface area contributed by atoms with Gasteiger partial charge in [0.05, 0.1) is 22.7 Å². The molecule has 1 amide bonds. The minimum atomic E-state index is -0.0295. The van der Waals surface area contributed by atoms with Crippen LogP contribution in [-0.2, 0) is 4.74 Å². The lowest BCUT2D eigenvalue weighted by molar-refractivity contribution is 0.0510. The Morgan fingerprint density at radius 2 is 2.12 bits per heavy atom. The number of hydrogen-bond donors (Lipinski definition) is 1. The zero-order valence-corrected chi connectivity index (χ0v) is 14.5. The number of ether oxygens (including phenoxy) is 1. The van der Waals surface area contributed by atoms with Gasteiger partial charge < -0.3 is 14.6 Å². The maximum atomic E-state index is 13.1. The van der Waals surface area contributed by atoms with Crippen molar-refractivity contribution in [1.29, 1.82) is 0 Å². The molecule has 2 saturated carbocycles. The fourth-order valence-corrected chi connectivity index (χ4v) is 4.48. The molecule has 3 fully saturated rings. The van der Waals surface area contributed by atoms with Gasteiger partial charge in [0, 0.05) is 30.2 Å². The normalized spacial score (nSPS) is 28.9. The number of hydrogen-bond acceptors (Lipinski definition) is 5. The SMILES string of the molecule is Cc1noc2nc(C3CC3)cc(C(=O)NC3CCCC4OCCC34)c12. The third-order valence-corrected chi connectivity index (χ3v) is 5.97. The van der Waals surface area contributed by atoms with Gasteiger partial charge in [-0.15, -0.1) is 0 Å². The Hall–Kier alpha value is -1.95. The van der Waals surface area contributed by atoms with E-state index in [0.717, 1.165) is 61.9 Å². The molecule has 1 saturated heterocycles. The van der Waals surface area contributed by atoms with Crippen molar-refractivity contribution >= 4 is 17.0 Å². The highest BCUT2D eigenvalue weighted by molar-refractivity contribution is 6.06. The average Bonchev–Trinajstić information content (AvgIpc) is 3.24. The molecule has 132 valence electrons. The summed E-state index contributed by atoms with van der Waals surface area (Å²) < 4.78 is 11.2. The van der Waals surface area contributed by atoms with Crippen LogP contribution in [0, 0.1) is 12.8 Å². The average molecular weight is 341 g/mol. The summed E-state index contributed by atoms with van der Waals surface area (Å²) >= 11 is 0. The Bertz CT molecular complexity index is 827. The summed E-state index contributed by atoms with van der Waals surface area (Å²) in [4.78, 5) is 17.7. The lowest BCUT2D eigenvalue weighted by Gasteiger charge is -2.33. The molecule has 5 rings (SSSR count). The number of nitrogens with one attached hydrogen (secondary N) is 1. The highest BCUT2D eigenvalue weighted by Crippen LogP contribution is 2.40. The number of rotatable bonds is 3. The van der Waals surface area contributed by atoms with Crippen molar-refractivity contribution in [2.75, 3.05) is 6.61 Å². The van der Waals surface area contributed by atoms with Crippen molar-refractivity contribution in [3.63, 3.8) is 0 Å². The Balaban J connectivity index is 1.47. The van der Waals surface area contributed by atoms with Crippen LogP contribution in [0.1, 0.15) is 66.2 Å². The number of carbonyl (C=O) groups is 1. The van der Waals surface area contributed by atoms with Crippen LogP contribution in [0.4, 0.5) is 0 Å². The van der Waals surface area contributed by atoms with Gasteiger partial charge in [0.2, 0.25) is 0 Å². The Labute approximate surface area is 146 Å². The summed E-state index contributed by atoms with van der Waals surface area (Å²) in [7, 11) is 0. The van der Waals surface area contributed by atoms with Crippen molar-refractivity contribution < 1.29 is 14.1 Å². The van der Waals surface area contributed by atoms with E-state index in [0.29, 0.717) is 29.2 Å². The van der Waals surface area contributed by atoms with E-state index in [1.54, 1.807) is 0 Å². The minimum absolute atomic E-state index is 0.0295. The zero-order valence-electron chi connectivity index (χ0n) is 14.5. The first-order valence-corrected chi connectivity index (χ1v) is 9.40. The van der Waals surface area contributed by atoms with E-state index in [1.165, 1.54) is 0 Å². The summed E-state index contributed by atoms with van der Waals surface area (Å²) in [5, 5.41) is 8.06. The molecule has 2 aliphatic carbocycles. The standard InChI is InChI=1S/C19H23N3O3/c1-10-17-13(9-15(11-5-6-11)21-19(17)25-22-10)18(23)20-14-3-2-4-16-12(14)7-8-24-16/h9,11-12,14,16H,2-8H2,1H3,(H,20,23). The Morgan fingerprint density at radius 3 is 2.96 bits per heavy atom. The van der Waals surface area contributed by atoms with Gasteiger partial charge in [-0.3, -0.25) is 4.79 Å². The van der Waals surface area contributed by atoms with Crippen LogP contribution >= 0.6 is 0 Å². The van der Waals surface area contributed by atoms with Crippen LogP contribution in [0.3, 0.4) is 0 Å². The third kappa shape index (κ3) is 2.63. The van der Waals surface area contributed by atoms with Gasteiger partial charge in [-0.2, -0.15) is 0 Å². The monoisotopic (exact) mass is 341 g/mol. The number of amides is 1. The van der Waals surface area contributed by atoms with Crippen molar-refractivity contribution in [2.24, 2.45) is 5.92 Å². The third-order valence-electron chi connectivity index (χ3n) is 5.97. The topological polar surface area (TPSA) is 77.2 Å². The molecule has 3 aliphatic rings. The fourth-order valence-electron chi connectivity index (χ4n) is 4.48. The summed E-state index contributed by atoms with van der Waals surface area (Å²) in [6.07, 6.45) is 6.89. The second-order valence-electron chi connectivity index (χ2n) is 7.69. The van der Waals surface area contributed by atoms with E-state index >= 15 is 0 Å². The molecular weight excluding hydrogens is 318 g/mol. The second-order valence-corrected chi connectivity index (χ2v) is 7.69. The largest absolute Gasteiger partial charge is 0.378 e. The van der Waals surface area contributed by atoms with E-state index in [-0.39, 0.29) is 11.9 Å². The smallest absolute Gasteiger partial charge is 0.259 e. The highest BCUT2D eigenvalue weighted by atomic mass is 16.5. The van der Waals surface area contributed by atoms with Gasteiger partial charge in [-0.05, 0) is 51.5 Å². The molecule has 3 heterocycles. The number of aryl methyl sites for hydroxylation is 1. The molecule has 0 bridgehead atoms. The first-order valence-electron chi connectivity index (χ1n) is 9.40. The van der Waals surface area contributed by atoms with Crippen LogP contribution in [0.15, 0.2) is 10.6 Å². The van der Waals surface area contributed by atoms with E-state index < -0.39 is 0 Å². The zero-order chi connectivity index (χ0) is 17.0. The van der Waals surface area contributed by atoms with Crippen molar-refractivity contribution in [3.8, 4) is 0 Å². The van der Waals surface area contributed by atoms with Crippen LogP contribution in [0.25, 0.3) is 11.1 Å². The van der Waals surface area contributed by atoms with Crippen LogP contribution in [-0.4, -0.2) is 34.8 Å². The highest BCUT2D eigenvalue weighted by Gasteiger charge is 2.38. The van der Waals surface area contributed by atoms with Gasteiger partial charge in [-0.25, -0.2) is 4.98 Å². The van der Waals surface area contributed by atoms with Gasteiger partial charge in [0.15, 0.2) is 0 Å². The molecule has 1 N–H and O–H groups in total. The number of pyridine rings is 1. The lowest BCUT2D eigenvalue weighted by Crippen LogP contribution is -2.45.